The van der Waals surface area contributed by atoms with Crippen molar-refractivity contribution in [3.63, 3.8) is 0 Å². The molecule has 0 spiro atoms. The van der Waals surface area contributed by atoms with Gasteiger partial charge in [0.2, 0.25) is 0 Å². The van der Waals surface area contributed by atoms with Gasteiger partial charge < -0.3 is 15.4 Å². The normalized spacial score (nSPS) is 10.3. The van der Waals surface area contributed by atoms with Crippen LogP contribution in [0.2, 0.25) is 5.02 Å². The molecule has 0 aliphatic heterocycles. The number of nitrogens with one attached hydrogen (secondary N) is 2. The van der Waals surface area contributed by atoms with E-state index in [0.29, 0.717) is 28.6 Å². The standard InChI is InChI=1S/C21H20ClN3O2/c1-27-19-5-3-2-4-15(19)12-13-23-20-11-6-16(14-24-20)21(26)25-18-9-7-17(22)8-10-18/h2-11,14H,12-13H2,1H3,(H,23,24)(H,25,26). The van der Waals surface area contributed by atoms with Crippen molar-refractivity contribution in [1.82, 2.24) is 4.98 Å². The summed E-state index contributed by atoms with van der Waals surface area (Å²) in [5, 5.41) is 6.69. The Labute approximate surface area is 163 Å². The van der Waals surface area contributed by atoms with Crippen LogP contribution in [0.1, 0.15) is 15.9 Å². The molecule has 0 bridgehead atoms. The van der Waals surface area contributed by atoms with Crippen LogP contribution < -0.4 is 15.4 Å². The Morgan fingerprint density at radius 2 is 1.85 bits per heavy atom. The summed E-state index contributed by atoms with van der Waals surface area (Å²) in [5.74, 6) is 1.37. The molecule has 0 unspecified atom stereocenters. The van der Waals surface area contributed by atoms with Crippen LogP contribution in [-0.2, 0) is 6.42 Å². The largest absolute Gasteiger partial charge is 0.496 e. The Kier molecular flexibility index (Phi) is 6.28. The Morgan fingerprint density at radius 3 is 2.56 bits per heavy atom. The maximum absolute atomic E-state index is 12.3. The number of ether oxygens (including phenoxy) is 1. The predicted octanol–water partition coefficient (Wildman–Crippen LogP) is 4.65. The Hall–Kier alpha value is -3.05. The second kappa shape index (κ2) is 9.05. The van der Waals surface area contributed by atoms with Gasteiger partial charge in [-0.1, -0.05) is 29.8 Å². The number of hydrogen-bond donors (Lipinski definition) is 2. The molecule has 1 heterocycles. The van der Waals surface area contributed by atoms with Crippen LogP contribution in [0.4, 0.5) is 11.5 Å². The molecule has 3 aromatic rings. The van der Waals surface area contributed by atoms with Crippen molar-refractivity contribution in [2.75, 3.05) is 24.3 Å². The number of carbonyl (C=O) groups excluding carboxylic acids is 1. The summed E-state index contributed by atoms with van der Waals surface area (Å²) in [6.45, 7) is 0.712. The van der Waals surface area contributed by atoms with E-state index in [1.807, 2.05) is 24.3 Å². The minimum atomic E-state index is -0.217. The molecule has 1 amide bonds. The van der Waals surface area contributed by atoms with Gasteiger partial charge in [0.15, 0.2) is 0 Å². The predicted molar refractivity (Wildman–Crippen MR) is 109 cm³/mol. The lowest BCUT2D eigenvalue weighted by Crippen LogP contribution is -2.13. The molecule has 27 heavy (non-hydrogen) atoms. The van der Waals surface area contributed by atoms with Gasteiger partial charge in [0.05, 0.1) is 12.7 Å². The summed E-state index contributed by atoms with van der Waals surface area (Å²) in [6.07, 6.45) is 2.36. The summed E-state index contributed by atoms with van der Waals surface area (Å²) in [7, 11) is 1.67. The van der Waals surface area contributed by atoms with Crippen LogP contribution in [0.15, 0.2) is 66.9 Å². The van der Waals surface area contributed by atoms with Crippen LogP contribution in [-0.4, -0.2) is 24.5 Å². The number of anilines is 2. The maximum Gasteiger partial charge on any atom is 0.257 e. The van der Waals surface area contributed by atoms with E-state index in [-0.39, 0.29) is 5.91 Å². The molecule has 0 aliphatic carbocycles. The fraction of sp³-hybridized carbons (Fsp3) is 0.143. The fourth-order valence-electron chi connectivity index (χ4n) is 2.60. The van der Waals surface area contributed by atoms with Crippen LogP contribution in [0.25, 0.3) is 0 Å². The molecule has 0 saturated heterocycles. The zero-order valence-electron chi connectivity index (χ0n) is 14.9. The summed E-state index contributed by atoms with van der Waals surface area (Å²) in [6, 6.07) is 18.4. The number of benzene rings is 2. The molecule has 6 heteroatoms. The van der Waals surface area contributed by atoms with Crippen molar-refractivity contribution >= 4 is 29.0 Å². The van der Waals surface area contributed by atoms with Crippen molar-refractivity contribution in [3.8, 4) is 5.75 Å². The van der Waals surface area contributed by atoms with Crippen molar-refractivity contribution in [2.45, 2.75) is 6.42 Å². The number of para-hydroxylation sites is 1. The Morgan fingerprint density at radius 1 is 1.07 bits per heavy atom. The lowest BCUT2D eigenvalue weighted by atomic mass is 10.1. The SMILES string of the molecule is COc1ccccc1CCNc1ccc(C(=O)Nc2ccc(Cl)cc2)cn1. The van der Waals surface area contributed by atoms with Crippen molar-refractivity contribution in [3.05, 3.63) is 83.0 Å². The highest BCUT2D eigenvalue weighted by molar-refractivity contribution is 6.30. The second-order valence-corrected chi connectivity index (χ2v) is 6.32. The first kappa shape index (κ1) is 18.7. The number of halogens is 1. The van der Waals surface area contributed by atoms with Crippen molar-refractivity contribution < 1.29 is 9.53 Å². The van der Waals surface area contributed by atoms with Gasteiger partial charge in [-0.25, -0.2) is 4.98 Å². The number of hydrogen-bond acceptors (Lipinski definition) is 4. The number of rotatable bonds is 7. The summed E-state index contributed by atoms with van der Waals surface area (Å²) >= 11 is 5.84. The quantitative estimate of drug-likeness (QED) is 0.625. The molecule has 5 nitrogen and oxygen atoms in total. The molecule has 1 aromatic heterocycles. The molecule has 3 rings (SSSR count). The van der Waals surface area contributed by atoms with Crippen LogP contribution in [0.5, 0.6) is 5.75 Å². The number of carbonyl (C=O) groups is 1. The number of amides is 1. The molecular weight excluding hydrogens is 362 g/mol. The Bertz CT molecular complexity index is 896. The van der Waals surface area contributed by atoms with E-state index in [1.54, 1.807) is 49.7 Å². The monoisotopic (exact) mass is 381 g/mol. The summed E-state index contributed by atoms with van der Waals surface area (Å²) in [4.78, 5) is 16.6. The smallest absolute Gasteiger partial charge is 0.257 e. The maximum atomic E-state index is 12.3. The van der Waals surface area contributed by atoms with Gasteiger partial charge in [-0.15, -0.1) is 0 Å². The summed E-state index contributed by atoms with van der Waals surface area (Å²) < 4.78 is 5.35. The highest BCUT2D eigenvalue weighted by Gasteiger charge is 2.07. The highest BCUT2D eigenvalue weighted by atomic mass is 35.5. The average Bonchev–Trinajstić information content (AvgIpc) is 2.70. The first-order valence-electron chi connectivity index (χ1n) is 8.54. The second-order valence-electron chi connectivity index (χ2n) is 5.88. The van der Waals surface area contributed by atoms with Gasteiger partial charge in [-0.05, 0) is 54.4 Å². The van der Waals surface area contributed by atoms with Crippen LogP contribution >= 0.6 is 11.6 Å². The van der Waals surface area contributed by atoms with Crippen LogP contribution in [0.3, 0.4) is 0 Å². The third kappa shape index (κ3) is 5.21. The van der Waals surface area contributed by atoms with Gasteiger partial charge in [-0.2, -0.15) is 0 Å². The zero-order chi connectivity index (χ0) is 19.1. The number of methoxy groups -OCH3 is 1. The van der Waals surface area contributed by atoms with Crippen LogP contribution in [0, 0.1) is 0 Å². The van der Waals surface area contributed by atoms with E-state index in [9.17, 15) is 4.79 Å². The lowest BCUT2D eigenvalue weighted by molar-refractivity contribution is 0.102. The molecule has 0 aliphatic rings. The average molecular weight is 382 g/mol. The highest BCUT2D eigenvalue weighted by Crippen LogP contribution is 2.18. The molecule has 2 aromatic carbocycles. The molecule has 2 N–H and O–H groups in total. The number of pyridine rings is 1. The molecular formula is C21H20ClN3O2. The van der Waals surface area contributed by atoms with E-state index >= 15 is 0 Å². The van der Waals surface area contributed by atoms with E-state index in [0.717, 1.165) is 17.7 Å². The van der Waals surface area contributed by atoms with E-state index in [4.69, 9.17) is 16.3 Å². The molecule has 0 radical (unpaired) electrons. The molecule has 0 saturated carbocycles. The third-order valence-electron chi connectivity index (χ3n) is 4.02. The van der Waals surface area contributed by atoms with Gasteiger partial charge >= 0.3 is 0 Å². The minimum absolute atomic E-state index is 0.217. The van der Waals surface area contributed by atoms with Gasteiger partial charge in [-0.3, -0.25) is 4.79 Å². The molecule has 0 atom stereocenters. The topological polar surface area (TPSA) is 63.2 Å². The van der Waals surface area contributed by atoms with E-state index in [2.05, 4.69) is 15.6 Å². The number of aromatic nitrogens is 1. The fourth-order valence-corrected chi connectivity index (χ4v) is 2.73. The van der Waals surface area contributed by atoms with Crippen molar-refractivity contribution in [2.24, 2.45) is 0 Å². The van der Waals surface area contributed by atoms with E-state index in [1.165, 1.54) is 0 Å². The summed E-state index contributed by atoms with van der Waals surface area (Å²) in [5.41, 5.74) is 2.30. The van der Waals surface area contributed by atoms with Gasteiger partial charge in [0.25, 0.3) is 5.91 Å². The first-order valence-corrected chi connectivity index (χ1v) is 8.92. The van der Waals surface area contributed by atoms with Gasteiger partial charge in [0.1, 0.15) is 11.6 Å². The molecule has 138 valence electrons. The molecule has 0 fully saturated rings. The van der Waals surface area contributed by atoms with Gasteiger partial charge in [0, 0.05) is 23.5 Å². The Balaban J connectivity index is 1.53. The minimum Gasteiger partial charge on any atom is -0.496 e. The lowest BCUT2D eigenvalue weighted by Gasteiger charge is -2.10. The first-order chi connectivity index (χ1) is 13.2. The zero-order valence-corrected chi connectivity index (χ0v) is 15.7. The number of nitrogens with zero attached hydrogens (tertiary/aromatic N) is 1. The third-order valence-corrected chi connectivity index (χ3v) is 4.27. The van der Waals surface area contributed by atoms with E-state index < -0.39 is 0 Å². The van der Waals surface area contributed by atoms with Crippen molar-refractivity contribution in [1.29, 1.82) is 0 Å².